The third kappa shape index (κ3) is 5.36. The van der Waals surface area contributed by atoms with Gasteiger partial charge in [-0.05, 0) is 97.7 Å². The zero-order valence-corrected chi connectivity index (χ0v) is 22.7. The Morgan fingerprint density at radius 1 is 1.06 bits per heavy atom. The first-order chi connectivity index (χ1) is 16.3. The van der Waals surface area contributed by atoms with Crippen LogP contribution in [0.15, 0.2) is 0 Å². The first-order valence-electron chi connectivity index (χ1n) is 13.5. The minimum absolute atomic E-state index is 0. The fraction of sp³-hybridized carbons (Fsp3) is 0.962. The third-order valence-electron chi connectivity index (χ3n) is 11.0. The predicted octanol–water partition coefficient (Wildman–Crippen LogP) is 1.54. The van der Waals surface area contributed by atoms with Gasteiger partial charge in [0, 0.05) is 13.0 Å². The molecule has 4 fully saturated rings. The molecule has 4 rings (SSSR count). The predicted molar refractivity (Wildman–Crippen MR) is 135 cm³/mol. The summed E-state index contributed by atoms with van der Waals surface area (Å²) >= 11 is 0. The number of amides is 1. The normalized spacial score (nSPS) is 45.0. The highest BCUT2D eigenvalue weighted by Gasteiger charge is 2.65. The molecule has 210 valence electrons. The molecule has 36 heavy (non-hydrogen) atoms. The Hall–Kier alpha value is -0.780. The topological polar surface area (TPSA) is 176 Å². The summed E-state index contributed by atoms with van der Waals surface area (Å²) in [7, 11) is -4.10. The molecule has 0 aromatic rings. The van der Waals surface area contributed by atoms with Crippen molar-refractivity contribution in [1.82, 2.24) is 5.32 Å². The highest BCUT2D eigenvalue weighted by Crippen LogP contribution is 2.68. The van der Waals surface area contributed by atoms with E-state index < -0.39 is 28.1 Å². The number of fused-ring (bicyclic) bond motifs is 5. The molecule has 11 atom stereocenters. The number of aliphatic hydroxyl groups is 3. The number of rotatable bonds is 7. The van der Waals surface area contributed by atoms with Gasteiger partial charge in [0.1, 0.15) is 0 Å². The molecule has 0 radical (unpaired) electrons. The summed E-state index contributed by atoms with van der Waals surface area (Å²) < 4.78 is 30.5. The van der Waals surface area contributed by atoms with Gasteiger partial charge in [-0.1, -0.05) is 20.8 Å². The molecule has 0 aromatic heterocycles. The standard InChI is InChI=1S/C26H45NO7S.H2O/c1-15(4-7-23(31)27-10-11-35(32,33)34)18-5-6-19-24-20(14-22(30)26(18,19)3)25(2)9-8-17(28)12-16(25)13-21(24)29;/h15-22,24,28-30H,4-14H2,1-3H3,(H,27,31)(H,32,33,34);1H2/t15-,16+,17-,18-,19?,20?,21-,22+,24?,25+,26-;/m0./s1. The van der Waals surface area contributed by atoms with E-state index in [0.29, 0.717) is 18.8 Å². The summed E-state index contributed by atoms with van der Waals surface area (Å²) in [4.78, 5) is 12.2. The summed E-state index contributed by atoms with van der Waals surface area (Å²) in [5.74, 6) is 0.705. The molecule has 0 heterocycles. The lowest BCUT2D eigenvalue weighted by atomic mass is 9.43. The Morgan fingerprint density at radius 2 is 1.75 bits per heavy atom. The molecule has 0 bridgehead atoms. The summed E-state index contributed by atoms with van der Waals surface area (Å²) in [6.45, 7) is 6.56. The van der Waals surface area contributed by atoms with Crippen LogP contribution < -0.4 is 5.32 Å². The van der Waals surface area contributed by atoms with Crippen molar-refractivity contribution < 1.29 is 38.6 Å². The summed E-state index contributed by atoms with van der Waals surface area (Å²) in [5, 5.41) is 35.8. The van der Waals surface area contributed by atoms with Crippen molar-refractivity contribution in [2.45, 2.75) is 96.9 Å². The molecule has 4 saturated carbocycles. The van der Waals surface area contributed by atoms with Gasteiger partial charge in [-0.25, -0.2) is 0 Å². The third-order valence-corrected chi connectivity index (χ3v) is 11.7. The lowest BCUT2D eigenvalue weighted by Gasteiger charge is -2.63. The lowest BCUT2D eigenvalue weighted by Crippen LogP contribution is -2.62. The van der Waals surface area contributed by atoms with E-state index in [1.165, 1.54) is 0 Å². The van der Waals surface area contributed by atoms with Gasteiger partial charge in [0.25, 0.3) is 10.1 Å². The van der Waals surface area contributed by atoms with Crippen LogP contribution in [0.3, 0.4) is 0 Å². The lowest BCUT2D eigenvalue weighted by molar-refractivity contribution is -0.207. The van der Waals surface area contributed by atoms with Crippen LogP contribution in [0.1, 0.15) is 78.6 Å². The van der Waals surface area contributed by atoms with Gasteiger partial charge in [0.05, 0.1) is 24.1 Å². The SMILES string of the molecule is C[C@@H](CCC(=O)NCCS(=O)(=O)O)[C@@H]1CCC2C3C(C[C@@H](O)[C@]21C)[C@]1(C)CC[C@H](O)C[C@@H]1C[C@@H]3O.O. The van der Waals surface area contributed by atoms with E-state index in [1.54, 1.807) is 0 Å². The number of carbonyl (C=O) groups is 1. The molecule has 10 heteroatoms. The monoisotopic (exact) mass is 533 g/mol. The molecule has 3 unspecified atom stereocenters. The van der Waals surface area contributed by atoms with Crippen LogP contribution in [0.5, 0.6) is 0 Å². The largest absolute Gasteiger partial charge is 0.412 e. The molecule has 0 aliphatic heterocycles. The van der Waals surface area contributed by atoms with Gasteiger partial charge in [0.2, 0.25) is 5.91 Å². The van der Waals surface area contributed by atoms with Gasteiger partial charge in [0.15, 0.2) is 0 Å². The van der Waals surface area contributed by atoms with Crippen molar-refractivity contribution in [3.8, 4) is 0 Å². The molecule has 7 N–H and O–H groups in total. The van der Waals surface area contributed by atoms with Gasteiger partial charge in [-0.3, -0.25) is 9.35 Å². The van der Waals surface area contributed by atoms with Crippen molar-refractivity contribution in [3.63, 3.8) is 0 Å². The highest BCUT2D eigenvalue weighted by molar-refractivity contribution is 7.85. The Bertz CT molecular complexity index is 898. The number of nitrogens with one attached hydrogen (secondary N) is 1. The van der Waals surface area contributed by atoms with Crippen molar-refractivity contribution in [1.29, 1.82) is 0 Å². The average molecular weight is 534 g/mol. The maximum atomic E-state index is 12.2. The van der Waals surface area contributed by atoms with Crippen LogP contribution in [-0.4, -0.2) is 70.3 Å². The van der Waals surface area contributed by atoms with Gasteiger partial charge in [-0.15, -0.1) is 0 Å². The van der Waals surface area contributed by atoms with Crippen molar-refractivity contribution in [2.24, 2.45) is 46.3 Å². The molecule has 1 amide bonds. The minimum Gasteiger partial charge on any atom is -0.412 e. The Balaban J connectivity index is 0.00000361. The number of hydrogen-bond donors (Lipinski definition) is 5. The van der Waals surface area contributed by atoms with Gasteiger partial charge < -0.3 is 26.1 Å². The zero-order valence-electron chi connectivity index (χ0n) is 21.9. The van der Waals surface area contributed by atoms with Crippen molar-refractivity contribution in [2.75, 3.05) is 12.3 Å². The summed E-state index contributed by atoms with van der Waals surface area (Å²) in [6, 6.07) is 0. The van der Waals surface area contributed by atoms with Crippen LogP contribution in [0.4, 0.5) is 0 Å². The van der Waals surface area contributed by atoms with Crippen LogP contribution in [0, 0.1) is 46.3 Å². The Labute approximate surface area is 215 Å². The van der Waals surface area contributed by atoms with Crippen LogP contribution in [-0.2, 0) is 14.9 Å². The first kappa shape index (κ1) is 29.8. The zero-order chi connectivity index (χ0) is 25.8. The maximum absolute atomic E-state index is 12.2. The molecule has 9 nitrogen and oxygen atoms in total. The molecular weight excluding hydrogens is 486 g/mol. The van der Waals surface area contributed by atoms with E-state index in [-0.39, 0.29) is 70.9 Å². The van der Waals surface area contributed by atoms with Crippen LogP contribution >= 0.6 is 0 Å². The smallest absolute Gasteiger partial charge is 0.266 e. The molecule has 4 aliphatic rings. The molecule has 4 aliphatic carbocycles. The van der Waals surface area contributed by atoms with E-state index >= 15 is 0 Å². The second kappa shape index (κ2) is 10.8. The van der Waals surface area contributed by atoms with E-state index in [4.69, 9.17) is 4.55 Å². The van der Waals surface area contributed by atoms with Gasteiger partial charge in [-0.2, -0.15) is 8.42 Å². The highest BCUT2D eigenvalue weighted by atomic mass is 32.2. The van der Waals surface area contributed by atoms with Crippen LogP contribution in [0.2, 0.25) is 0 Å². The van der Waals surface area contributed by atoms with E-state index in [0.717, 1.165) is 38.5 Å². The average Bonchev–Trinajstić information content (AvgIpc) is 3.12. The Morgan fingerprint density at radius 3 is 2.42 bits per heavy atom. The summed E-state index contributed by atoms with van der Waals surface area (Å²) in [5.41, 5.74) is -0.254. The second-order valence-electron chi connectivity index (χ2n) is 12.7. The number of hydrogen-bond acceptors (Lipinski definition) is 6. The van der Waals surface area contributed by atoms with Gasteiger partial charge >= 0.3 is 0 Å². The van der Waals surface area contributed by atoms with Crippen molar-refractivity contribution in [3.05, 3.63) is 0 Å². The molecule has 0 saturated heterocycles. The van der Waals surface area contributed by atoms with E-state index in [2.05, 4.69) is 26.1 Å². The first-order valence-corrected chi connectivity index (χ1v) is 15.1. The molecule has 0 spiro atoms. The number of carbonyl (C=O) groups excluding carboxylic acids is 1. The fourth-order valence-corrected chi connectivity index (χ4v) is 9.46. The second-order valence-corrected chi connectivity index (χ2v) is 14.2. The van der Waals surface area contributed by atoms with Crippen molar-refractivity contribution >= 4 is 16.0 Å². The van der Waals surface area contributed by atoms with E-state index in [9.17, 15) is 28.5 Å². The molecular formula is C26H47NO8S. The van der Waals surface area contributed by atoms with Crippen LogP contribution in [0.25, 0.3) is 0 Å². The quantitative estimate of drug-likeness (QED) is 0.308. The minimum atomic E-state index is -4.10. The number of aliphatic hydroxyl groups excluding tert-OH is 3. The van der Waals surface area contributed by atoms with E-state index in [1.807, 2.05) is 0 Å². The molecule has 0 aromatic carbocycles. The Kier molecular flexibility index (Phi) is 8.91. The summed E-state index contributed by atoms with van der Waals surface area (Å²) in [6.07, 6.45) is 5.67. The maximum Gasteiger partial charge on any atom is 0.266 e. The fourth-order valence-electron chi connectivity index (χ4n) is 9.10.